The second kappa shape index (κ2) is 7.83. The number of aliphatic hydroxyl groups is 1. The minimum absolute atomic E-state index is 0. The molecular weight excluding hydrogens is 240 g/mol. The first-order chi connectivity index (χ1) is 5.78. The Hall–Kier alpha value is -0.410. The van der Waals surface area contributed by atoms with E-state index in [9.17, 15) is 14.4 Å². The fourth-order valence-corrected chi connectivity index (χ4v) is 0.714. The third-order valence-corrected chi connectivity index (χ3v) is 1.29. The van der Waals surface area contributed by atoms with Gasteiger partial charge in [0.25, 0.3) is 0 Å². The number of hydrogen-bond donors (Lipinski definition) is 4. The van der Waals surface area contributed by atoms with Crippen molar-refractivity contribution >= 4 is 55.6 Å². The van der Waals surface area contributed by atoms with E-state index in [1.54, 1.807) is 0 Å². The van der Waals surface area contributed by atoms with Crippen LogP contribution >= 0.6 is 0 Å². The summed E-state index contributed by atoms with van der Waals surface area (Å²) in [6.45, 7) is 0. The van der Waals surface area contributed by atoms with Gasteiger partial charge in [-0.1, -0.05) is 0 Å². The Morgan fingerprint density at radius 2 is 1.20 bits per heavy atom. The van der Waals surface area contributed by atoms with Gasteiger partial charge in [0.2, 0.25) is 0 Å². The van der Waals surface area contributed by atoms with E-state index in [2.05, 4.69) is 0 Å². The maximum atomic E-state index is 10.3. The van der Waals surface area contributed by atoms with Crippen LogP contribution in [0, 0.1) is 0 Å². The van der Waals surface area contributed by atoms with Crippen LogP contribution in [0.25, 0.3) is 0 Å². The average Bonchev–Trinajstić information content (AvgIpc) is 1.82. The van der Waals surface area contributed by atoms with E-state index < -0.39 is 36.4 Å². The molecule has 0 unspecified atom stereocenters. The van der Waals surface area contributed by atoms with Crippen molar-refractivity contribution in [3.63, 3.8) is 0 Å². The fourth-order valence-electron chi connectivity index (χ4n) is 0.714. The zero-order valence-electron chi connectivity index (χ0n) is 6.93. The molecule has 0 saturated carbocycles. The second-order valence-electron chi connectivity index (χ2n) is 2.48. The summed E-state index contributed by atoms with van der Waals surface area (Å²) >= 11 is 0. The van der Waals surface area contributed by atoms with Crippen LogP contribution < -0.4 is 0 Å². The van der Waals surface area contributed by atoms with Gasteiger partial charge in [0.15, 0.2) is 5.60 Å². The number of hydrogen-bond acceptors (Lipinski definition) is 4. The molecule has 0 rings (SSSR count). The second-order valence-corrected chi connectivity index (χ2v) is 2.48. The molecule has 0 radical (unpaired) electrons. The van der Waals surface area contributed by atoms with Crippen molar-refractivity contribution in [3.05, 3.63) is 0 Å². The molecule has 0 spiro atoms. The van der Waals surface area contributed by atoms with Crippen LogP contribution in [0.15, 0.2) is 0 Å². The summed E-state index contributed by atoms with van der Waals surface area (Å²) in [5, 5.41) is 33.8. The van der Waals surface area contributed by atoms with Gasteiger partial charge in [-0.05, 0) is 0 Å². The summed E-state index contributed by atoms with van der Waals surface area (Å²) in [6.07, 6.45) is -2.29. The Morgan fingerprint density at radius 3 is 1.33 bits per heavy atom. The van der Waals surface area contributed by atoms with E-state index in [4.69, 9.17) is 20.4 Å². The van der Waals surface area contributed by atoms with E-state index in [0.29, 0.717) is 0 Å². The molecule has 0 atom stereocenters. The molecule has 0 aromatic carbocycles. The molecular formula is C6H12CaO8. The van der Waals surface area contributed by atoms with Crippen molar-refractivity contribution in [1.82, 2.24) is 0 Å². The molecule has 0 fully saturated rings. The Kier molecular flexibility index (Phi) is 10.5. The van der Waals surface area contributed by atoms with E-state index >= 15 is 0 Å². The standard InChI is InChI=1S/C6H8O7.Ca.H2O.2H/c7-3(8)1-6(13,5(11)12)2-4(9)10;;;;/h13H,1-2H2,(H,7,8)(H,9,10)(H,11,12);;1H2;;. The van der Waals surface area contributed by atoms with Gasteiger partial charge in [0.05, 0.1) is 12.8 Å². The molecule has 0 aromatic rings. The Morgan fingerprint density at radius 1 is 0.933 bits per heavy atom. The van der Waals surface area contributed by atoms with E-state index in [-0.39, 0.29) is 43.2 Å². The van der Waals surface area contributed by atoms with Crippen LogP contribution in [-0.2, 0) is 14.4 Å². The molecule has 9 heteroatoms. The number of aliphatic carboxylic acids is 3. The van der Waals surface area contributed by atoms with E-state index in [0.717, 1.165) is 0 Å². The number of rotatable bonds is 5. The first-order valence-electron chi connectivity index (χ1n) is 3.17. The zero-order chi connectivity index (χ0) is 10.6. The van der Waals surface area contributed by atoms with Gasteiger partial charge in [0.1, 0.15) is 0 Å². The average molecular weight is 252 g/mol. The first-order valence-corrected chi connectivity index (χ1v) is 3.17. The van der Waals surface area contributed by atoms with Gasteiger partial charge in [-0.3, -0.25) is 9.59 Å². The van der Waals surface area contributed by atoms with Crippen molar-refractivity contribution in [2.24, 2.45) is 0 Å². The number of carbonyl (C=O) groups is 3. The Balaban J connectivity index is -0.000000720. The molecule has 0 aliphatic rings. The summed E-state index contributed by atoms with van der Waals surface area (Å²) in [7, 11) is 0. The molecule has 6 N–H and O–H groups in total. The van der Waals surface area contributed by atoms with Gasteiger partial charge in [-0.25, -0.2) is 4.79 Å². The van der Waals surface area contributed by atoms with Crippen LogP contribution in [0.3, 0.4) is 0 Å². The molecule has 86 valence electrons. The Bertz CT molecular complexity index is 234. The SMILES string of the molecule is O.O=C(O)CC(O)(CC(=O)O)C(=O)O.[CaH2]. The third kappa shape index (κ3) is 7.51. The summed E-state index contributed by atoms with van der Waals surface area (Å²) in [4.78, 5) is 30.5. The van der Waals surface area contributed by atoms with E-state index in [1.165, 1.54) is 0 Å². The third-order valence-electron chi connectivity index (χ3n) is 1.29. The van der Waals surface area contributed by atoms with Crippen LogP contribution in [0.2, 0.25) is 0 Å². The van der Waals surface area contributed by atoms with Gasteiger partial charge < -0.3 is 25.9 Å². The van der Waals surface area contributed by atoms with Crippen LogP contribution in [0.5, 0.6) is 0 Å². The molecule has 0 heterocycles. The van der Waals surface area contributed by atoms with Gasteiger partial charge in [-0.2, -0.15) is 0 Å². The Labute approximate surface area is 114 Å². The predicted molar refractivity (Wildman–Crippen MR) is 49.2 cm³/mol. The molecule has 8 nitrogen and oxygen atoms in total. The molecule has 0 aliphatic heterocycles. The van der Waals surface area contributed by atoms with Crippen LogP contribution in [0.4, 0.5) is 0 Å². The zero-order valence-corrected chi connectivity index (χ0v) is 6.93. The van der Waals surface area contributed by atoms with Crippen molar-refractivity contribution in [2.45, 2.75) is 18.4 Å². The molecule has 0 amide bonds. The summed E-state index contributed by atoms with van der Waals surface area (Å²) < 4.78 is 0. The summed E-state index contributed by atoms with van der Waals surface area (Å²) in [5.74, 6) is -5.02. The summed E-state index contributed by atoms with van der Waals surface area (Å²) in [6, 6.07) is 0. The number of carboxylic acid groups (broad SMARTS) is 3. The first kappa shape index (κ1) is 20.1. The molecule has 15 heavy (non-hydrogen) atoms. The van der Waals surface area contributed by atoms with Gasteiger partial charge in [-0.15, -0.1) is 0 Å². The van der Waals surface area contributed by atoms with Gasteiger partial charge >= 0.3 is 55.6 Å². The minimum atomic E-state index is -2.74. The molecule has 0 aliphatic carbocycles. The van der Waals surface area contributed by atoms with Crippen LogP contribution in [-0.4, -0.2) is 87.1 Å². The van der Waals surface area contributed by atoms with Gasteiger partial charge in [0, 0.05) is 0 Å². The fraction of sp³-hybridized carbons (Fsp3) is 0.500. The van der Waals surface area contributed by atoms with Crippen molar-refractivity contribution in [3.8, 4) is 0 Å². The quantitative estimate of drug-likeness (QED) is 0.379. The number of carboxylic acids is 3. The molecule has 0 aromatic heterocycles. The topological polar surface area (TPSA) is 164 Å². The van der Waals surface area contributed by atoms with Crippen molar-refractivity contribution < 1.29 is 40.3 Å². The van der Waals surface area contributed by atoms with Crippen molar-refractivity contribution in [2.75, 3.05) is 0 Å². The monoisotopic (exact) mass is 252 g/mol. The van der Waals surface area contributed by atoms with E-state index in [1.807, 2.05) is 0 Å². The molecule has 0 bridgehead atoms. The predicted octanol–water partition coefficient (Wildman–Crippen LogP) is -2.99. The normalized spacial score (nSPS) is 9.40. The van der Waals surface area contributed by atoms with Crippen molar-refractivity contribution in [1.29, 1.82) is 0 Å². The van der Waals surface area contributed by atoms with Crippen LogP contribution in [0.1, 0.15) is 12.8 Å². The summed E-state index contributed by atoms with van der Waals surface area (Å²) in [5.41, 5.74) is -2.74. The maximum absolute atomic E-state index is 10.3. The molecule has 0 saturated heterocycles.